The van der Waals surface area contributed by atoms with Gasteiger partial charge in [0.2, 0.25) is 0 Å². The minimum Gasteiger partial charge on any atom is -1.00 e. The molecule has 4 nitrogen and oxygen atoms in total. The lowest BCUT2D eigenvalue weighted by Crippen LogP contribution is -3.00. The van der Waals surface area contributed by atoms with Crippen molar-refractivity contribution in [1.82, 2.24) is 5.32 Å². The summed E-state index contributed by atoms with van der Waals surface area (Å²) < 4.78 is 11.2. The van der Waals surface area contributed by atoms with Crippen LogP contribution in [0.25, 0.3) is 0 Å². The SMILES string of the molecule is C=CCOc1ccc(CNC(C)(C)CO)cc1OCC.[Cl-]. The molecule has 0 aliphatic heterocycles. The van der Waals surface area contributed by atoms with E-state index in [9.17, 15) is 5.11 Å². The highest BCUT2D eigenvalue weighted by atomic mass is 35.5. The summed E-state index contributed by atoms with van der Waals surface area (Å²) in [5.41, 5.74) is 0.782. The molecule has 0 saturated heterocycles. The highest BCUT2D eigenvalue weighted by Crippen LogP contribution is 2.28. The van der Waals surface area contributed by atoms with Crippen LogP contribution in [0.4, 0.5) is 0 Å². The molecular weight excluding hydrogens is 290 g/mol. The highest BCUT2D eigenvalue weighted by molar-refractivity contribution is 5.43. The Labute approximate surface area is 133 Å². The van der Waals surface area contributed by atoms with Gasteiger partial charge in [0.25, 0.3) is 0 Å². The summed E-state index contributed by atoms with van der Waals surface area (Å²) in [6.45, 7) is 11.3. The van der Waals surface area contributed by atoms with E-state index in [4.69, 9.17) is 9.47 Å². The van der Waals surface area contributed by atoms with Gasteiger partial charge in [0, 0.05) is 12.1 Å². The molecular formula is C16H25ClNO3-. The number of nitrogens with one attached hydrogen (secondary N) is 1. The molecule has 0 aliphatic rings. The zero-order valence-electron chi connectivity index (χ0n) is 13.0. The van der Waals surface area contributed by atoms with Gasteiger partial charge in [-0.05, 0) is 38.5 Å². The molecule has 21 heavy (non-hydrogen) atoms. The molecule has 0 aliphatic carbocycles. The number of ether oxygens (including phenoxy) is 2. The average Bonchev–Trinajstić information content (AvgIpc) is 2.44. The zero-order valence-corrected chi connectivity index (χ0v) is 13.7. The van der Waals surface area contributed by atoms with Crippen LogP contribution in [0.2, 0.25) is 0 Å². The Morgan fingerprint density at radius 1 is 1.29 bits per heavy atom. The number of halogens is 1. The Kier molecular flexibility index (Phi) is 9.09. The maximum Gasteiger partial charge on any atom is 0.161 e. The predicted molar refractivity (Wildman–Crippen MR) is 81.3 cm³/mol. The van der Waals surface area contributed by atoms with Gasteiger partial charge >= 0.3 is 0 Å². The van der Waals surface area contributed by atoms with Crippen LogP contribution in [0.15, 0.2) is 30.9 Å². The number of benzene rings is 1. The van der Waals surface area contributed by atoms with Gasteiger partial charge in [-0.2, -0.15) is 0 Å². The topological polar surface area (TPSA) is 50.7 Å². The Morgan fingerprint density at radius 2 is 2.00 bits per heavy atom. The monoisotopic (exact) mass is 314 g/mol. The van der Waals surface area contributed by atoms with Gasteiger partial charge in [0.1, 0.15) is 6.61 Å². The standard InChI is InChI=1S/C16H25NO3.ClH/c1-5-9-20-14-8-7-13(10-15(14)19-6-2)11-17-16(3,4)12-18;/h5,7-8,10,17-18H,1,6,9,11-12H2,2-4H3;1H/p-1. The summed E-state index contributed by atoms with van der Waals surface area (Å²) in [7, 11) is 0. The second-order valence-electron chi connectivity index (χ2n) is 5.21. The quantitative estimate of drug-likeness (QED) is 0.604. The van der Waals surface area contributed by atoms with E-state index in [1.165, 1.54) is 0 Å². The minimum absolute atomic E-state index is 0. The molecule has 1 aromatic rings. The summed E-state index contributed by atoms with van der Waals surface area (Å²) in [5.74, 6) is 1.45. The molecule has 0 amide bonds. The van der Waals surface area contributed by atoms with Gasteiger partial charge in [-0.1, -0.05) is 18.7 Å². The first-order valence-electron chi connectivity index (χ1n) is 6.87. The van der Waals surface area contributed by atoms with E-state index in [2.05, 4.69) is 11.9 Å². The third kappa shape index (κ3) is 6.85. The fourth-order valence-electron chi connectivity index (χ4n) is 1.60. The lowest BCUT2D eigenvalue weighted by molar-refractivity contribution is -0.00000605. The maximum atomic E-state index is 9.24. The lowest BCUT2D eigenvalue weighted by atomic mass is 10.1. The predicted octanol–water partition coefficient (Wildman–Crippen LogP) is -0.485. The number of aliphatic hydroxyl groups is 1. The maximum absolute atomic E-state index is 9.24. The third-order valence-electron chi connectivity index (χ3n) is 2.83. The van der Waals surface area contributed by atoms with Crippen LogP contribution in [0, 0.1) is 0 Å². The molecule has 0 aromatic heterocycles. The fourth-order valence-corrected chi connectivity index (χ4v) is 1.60. The highest BCUT2D eigenvalue weighted by Gasteiger charge is 2.15. The van der Waals surface area contributed by atoms with Gasteiger partial charge in [-0.15, -0.1) is 0 Å². The van der Waals surface area contributed by atoms with Crippen LogP contribution in [-0.4, -0.2) is 30.5 Å². The number of rotatable bonds is 9. The average molecular weight is 315 g/mol. The van der Waals surface area contributed by atoms with Crippen LogP contribution in [0.5, 0.6) is 11.5 Å². The Morgan fingerprint density at radius 3 is 2.57 bits per heavy atom. The number of hydrogen-bond donors (Lipinski definition) is 2. The first-order valence-corrected chi connectivity index (χ1v) is 6.87. The molecule has 0 bridgehead atoms. The summed E-state index contributed by atoms with van der Waals surface area (Å²) in [4.78, 5) is 0. The van der Waals surface area contributed by atoms with Crippen molar-refractivity contribution >= 4 is 0 Å². The van der Waals surface area contributed by atoms with Gasteiger partial charge in [-0.25, -0.2) is 0 Å². The molecule has 1 aromatic carbocycles. The Hall–Kier alpha value is -1.23. The van der Waals surface area contributed by atoms with E-state index in [0.29, 0.717) is 19.8 Å². The van der Waals surface area contributed by atoms with Crippen molar-refractivity contribution in [2.24, 2.45) is 0 Å². The van der Waals surface area contributed by atoms with E-state index in [-0.39, 0.29) is 24.6 Å². The summed E-state index contributed by atoms with van der Waals surface area (Å²) in [6, 6.07) is 5.85. The molecule has 0 heterocycles. The van der Waals surface area contributed by atoms with E-state index in [0.717, 1.165) is 17.1 Å². The Bertz CT molecular complexity index is 436. The normalized spacial score (nSPS) is 10.7. The van der Waals surface area contributed by atoms with E-state index in [1.54, 1.807) is 6.08 Å². The molecule has 5 heteroatoms. The Balaban J connectivity index is 0.00000400. The summed E-state index contributed by atoms with van der Waals surface area (Å²) >= 11 is 0. The van der Waals surface area contributed by atoms with Crippen molar-refractivity contribution in [3.63, 3.8) is 0 Å². The first kappa shape index (κ1) is 19.8. The van der Waals surface area contributed by atoms with Gasteiger partial charge in [-0.3, -0.25) is 0 Å². The second kappa shape index (κ2) is 9.66. The van der Waals surface area contributed by atoms with Crippen LogP contribution in [0.1, 0.15) is 26.3 Å². The molecule has 0 unspecified atom stereocenters. The molecule has 0 radical (unpaired) electrons. The van der Waals surface area contributed by atoms with Crippen LogP contribution < -0.4 is 27.2 Å². The second-order valence-corrected chi connectivity index (χ2v) is 5.21. The number of hydrogen-bond acceptors (Lipinski definition) is 4. The summed E-state index contributed by atoms with van der Waals surface area (Å²) in [6.07, 6.45) is 1.70. The van der Waals surface area contributed by atoms with Crippen molar-refractivity contribution in [1.29, 1.82) is 0 Å². The van der Waals surface area contributed by atoms with Crippen LogP contribution in [-0.2, 0) is 6.54 Å². The molecule has 2 N–H and O–H groups in total. The van der Waals surface area contributed by atoms with Crippen molar-refractivity contribution in [2.45, 2.75) is 32.9 Å². The molecule has 1 rings (SSSR count). The van der Waals surface area contributed by atoms with E-state index in [1.807, 2.05) is 39.0 Å². The van der Waals surface area contributed by atoms with Crippen LogP contribution in [0.3, 0.4) is 0 Å². The van der Waals surface area contributed by atoms with Gasteiger partial charge in [0.15, 0.2) is 11.5 Å². The summed E-state index contributed by atoms with van der Waals surface area (Å²) in [5, 5.41) is 12.5. The van der Waals surface area contributed by atoms with Crippen molar-refractivity contribution in [3.05, 3.63) is 36.4 Å². The van der Waals surface area contributed by atoms with Gasteiger partial charge < -0.3 is 32.3 Å². The molecule has 0 fully saturated rings. The minimum atomic E-state index is -0.302. The fraction of sp³-hybridized carbons (Fsp3) is 0.500. The molecule has 0 spiro atoms. The van der Waals surface area contributed by atoms with Crippen molar-refractivity contribution in [2.75, 3.05) is 19.8 Å². The van der Waals surface area contributed by atoms with Crippen molar-refractivity contribution < 1.29 is 27.0 Å². The van der Waals surface area contributed by atoms with Crippen LogP contribution >= 0.6 is 0 Å². The largest absolute Gasteiger partial charge is 1.00 e. The van der Waals surface area contributed by atoms with Gasteiger partial charge in [0.05, 0.1) is 13.2 Å². The van der Waals surface area contributed by atoms with Crippen molar-refractivity contribution in [3.8, 4) is 11.5 Å². The smallest absolute Gasteiger partial charge is 0.161 e. The molecule has 120 valence electrons. The third-order valence-corrected chi connectivity index (χ3v) is 2.83. The lowest BCUT2D eigenvalue weighted by Gasteiger charge is -2.23. The number of aliphatic hydroxyl groups excluding tert-OH is 1. The zero-order chi connectivity index (χ0) is 15.0. The van der Waals surface area contributed by atoms with E-state index >= 15 is 0 Å². The molecule has 0 atom stereocenters. The van der Waals surface area contributed by atoms with E-state index < -0.39 is 0 Å². The molecule has 0 saturated carbocycles. The first-order chi connectivity index (χ1) is 9.52.